The Kier molecular flexibility index (Phi) is 4.71. The van der Waals surface area contributed by atoms with E-state index in [4.69, 9.17) is 16.9 Å². The van der Waals surface area contributed by atoms with Gasteiger partial charge in [-0.2, -0.15) is 5.26 Å². The molecule has 0 fully saturated rings. The van der Waals surface area contributed by atoms with Gasteiger partial charge in [0.1, 0.15) is 6.07 Å². The number of halogens is 1. The fourth-order valence-electron chi connectivity index (χ4n) is 2.76. The summed E-state index contributed by atoms with van der Waals surface area (Å²) in [7, 11) is -6.17. The van der Waals surface area contributed by atoms with Crippen LogP contribution in [0.2, 0.25) is 5.02 Å². The van der Waals surface area contributed by atoms with Gasteiger partial charge in [-0.1, -0.05) is 11.6 Å². The van der Waals surface area contributed by atoms with Crippen molar-refractivity contribution in [3.63, 3.8) is 0 Å². The van der Waals surface area contributed by atoms with Crippen molar-refractivity contribution in [2.24, 2.45) is 0 Å². The maximum absolute atomic E-state index is 12.9. The second-order valence-corrected chi connectivity index (χ2v) is 9.73. The second kappa shape index (κ2) is 6.55. The van der Waals surface area contributed by atoms with Crippen molar-refractivity contribution in [2.45, 2.75) is 16.2 Å². The minimum atomic E-state index is -3.88. The molecule has 0 aromatic heterocycles. The van der Waals surface area contributed by atoms with Crippen LogP contribution in [0, 0.1) is 11.3 Å². The molecule has 3 rings (SSSR count). The zero-order valence-corrected chi connectivity index (χ0v) is 16.0. The summed E-state index contributed by atoms with van der Waals surface area (Å²) in [4.78, 5) is 0.0562. The van der Waals surface area contributed by atoms with Crippen LogP contribution in [0.1, 0.15) is 11.1 Å². The Hall–Kier alpha value is -2.12. The molecule has 0 radical (unpaired) electrons. The fourth-order valence-corrected chi connectivity index (χ4v) is 5.35. The molecule has 26 heavy (non-hydrogen) atoms. The van der Waals surface area contributed by atoms with Gasteiger partial charge < -0.3 is 0 Å². The van der Waals surface area contributed by atoms with Crippen molar-refractivity contribution in [1.29, 1.82) is 5.26 Å². The SMILES string of the molecule is CNS(=O)(=O)c1ccc2c(c1)CCN2S(=O)(=O)c1ccc(C#N)c(Cl)c1. The van der Waals surface area contributed by atoms with Gasteiger partial charge >= 0.3 is 0 Å². The molecular weight excluding hydrogens is 398 g/mol. The van der Waals surface area contributed by atoms with Gasteiger partial charge in [-0.05, 0) is 55.4 Å². The molecule has 7 nitrogen and oxygen atoms in total. The Morgan fingerprint density at radius 2 is 1.81 bits per heavy atom. The average Bonchev–Trinajstić information content (AvgIpc) is 3.05. The Balaban J connectivity index is 2.03. The van der Waals surface area contributed by atoms with Crippen LogP contribution in [-0.2, 0) is 26.5 Å². The van der Waals surface area contributed by atoms with Crippen molar-refractivity contribution in [2.75, 3.05) is 17.9 Å². The molecule has 1 aliphatic rings. The van der Waals surface area contributed by atoms with Crippen LogP contribution in [0.25, 0.3) is 0 Å². The largest absolute Gasteiger partial charge is 0.266 e. The van der Waals surface area contributed by atoms with Gasteiger partial charge in [-0.15, -0.1) is 0 Å². The summed E-state index contributed by atoms with van der Waals surface area (Å²) < 4.78 is 53.2. The van der Waals surface area contributed by atoms with E-state index < -0.39 is 20.0 Å². The second-order valence-electron chi connectivity index (χ2n) is 5.58. The first kappa shape index (κ1) is 18.7. The highest BCUT2D eigenvalue weighted by Crippen LogP contribution is 2.35. The van der Waals surface area contributed by atoms with Gasteiger partial charge in [-0.3, -0.25) is 4.31 Å². The molecule has 0 amide bonds. The number of nitriles is 1. The monoisotopic (exact) mass is 411 g/mol. The molecule has 0 spiro atoms. The fraction of sp³-hybridized carbons (Fsp3) is 0.188. The minimum absolute atomic E-state index is 0.0266. The smallest absolute Gasteiger partial charge is 0.264 e. The number of hydrogen-bond donors (Lipinski definition) is 1. The topological polar surface area (TPSA) is 107 Å². The molecule has 0 unspecified atom stereocenters. The molecule has 1 aliphatic heterocycles. The molecule has 0 atom stereocenters. The Morgan fingerprint density at radius 3 is 2.42 bits per heavy atom. The summed E-state index contributed by atoms with van der Waals surface area (Å²) in [5.74, 6) is 0. The van der Waals surface area contributed by atoms with E-state index >= 15 is 0 Å². The number of fused-ring (bicyclic) bond motifs is 1. The van der Waals surface area contributed by atoms with E-state index in [0.29, 0.717) is 17.7 Å². The third-order valence-corrected chi connectivity index (χ3v) is 7.67. The number of nitrogens with one attached hydrogen (secondary N) is 1. The van der Waals surface area contributed by atoms with Crippen LogP contribution in [0.3, 0.4) is 0 Å². The average molecular weight is 412 g/mol. The van der Waals surface area contributed by atoms with Crippen LogP contribution >= 0.6 is 11.6 Å². The Bertz CT molecular complexity index is 1140. The lowest BCUT2D eigenvalue weighted by molar-refractivity contribution is 0.587. The number of sulfonamides is 2. The van der Waals surface area contributed by atoms with Crippen molar-refractivity contribution < 1.29 is 16.8 Å². The van der Waals surface area contributed by atoms with Crippen LogP contribution in [0.5, 0.6) is 0 Å². The molecule has 0 aliphatic carbocycles. The predicted molar refractivity (Wildman–Crippen MR) is 97.1 cm³/mol. The molecule has 2 aromatic carbocycles. The molecule has 136 valence electrons. The molecule has 0 bridgehead atoms. The van der Waals surface area contributed by atoms with Crippen molar-refractivity contribution in [1.82, 2.24) is 4.72 Å². The number of anilines is 1. The highest BCUT2D eigenvalue weighted by Gasteiger charge is 2.32. The van der Waals surface area contributed by atoms with E-state index in [1.807, 2.05) is 6.07 Å². The number of hydrogen-bond acceptors (Lipinski definition) is 5. The van der Waals surface area contributed by atoms with Crippen molar-refractivity contribution in [3.8, 4) is 6.07 Å². The zero-order valence-electron chi connectivity index (χ0n) is 13.6. The van der Waals surface area contributed by atoms with Crippen molar-refractivity contribution in [3.05, 3.63) is 52.5 Å². The summed E-state index contributed by atoms with van der Waals surface area (Å²) in [6, 6.07) is 10.1. The van der Waals surface area contributed by atoms with Crippen molar-refractivity contribution >= 4 is 37.3 Å². The van der Waals surface area contributed by atoms with E-state index in [1.165, 1.54) is 47.8 Å². The van der Waals surface area contributed by atoms with Gasteiger partial charge in [-0.25, -0.2) is 21.6 Å². The maximum Gasteiger partial charge on any atom is 0.264 e. The highest BCUT2D eigenvalue weighted by atomic mass is 35.5. The maximum atomic E-state index is 12.9. The molecule has 2 aromatic rings. The van der Waals surface area contributed by atoms with Gasteiger partial charge in [0.05, 0.1) is 26.1 Å². The lowest BCUT2D eigenvalue weighted by Crippen LogP contribution is -2.29. The van der Waals surface area contributed by atoms with Crippen LogP contribution < -0.4 is 9.03 Å². The number of rotatable bonds is 4. The van der Waals surface area contributed by atoms with Gasteiger partial charge in [0.25, 0.3) is 10.0 Å². The molecule has 0 saturated carbocycles. The summed E-state index contributed by atoms with van der Waals surface area (Å²) in [6.45, 7) is 0.193. The zero-order chi connectivity index (χ0) is 19.1. The summed E-state index contributed by atoms with van der Waals surface area (Å²) in [6.07, 6.45) is 0.394. The van der Waals surface area contributed by atoms with E-state index in [2.05, 4.69) is 4.72 Å². The minimum Gasteiger partial charge on any atom is -0.266 e. The third-order valence-electron chi connectivity index (χ3n) is 4.13. The predicted octanol–water partition coefficient (Wildman–Crippen LogP) is 1.87. The van der Waals surface area contributed by atoms with E-state index in [0.717, 1.165) is 0 Å². The van der Waals surface area contributed by atoms with E-state index in [-0.39, 0.29) is 26.9 Å². The lowest BCUT2D eigenvalue weighted by atomic mass is 10.2. The molecule has 10 heteroatoms. The number of nitrogens with zero attached hydrogens (tertiary/aromatic N) is 2. The van der Waals surface area contributed by atoms with E-state index in [1.54, 1.807) is 0 Å². The highest BCUT2D eigenvalue weighted by molar-refractivity contribution is 7.92. The third kappa shape index (κ3) is 3.05. The first-order valence-corrected chi connectivity index (χ1v) is 10.8. The van der Waals surface area contributed by atoms with Crippen LogP contribution in [0.15, 0.2) is 46.2 Å². The molecule has 1 N–H and O–H groups in total. The summed E-state index contributed by atoms with van der Waals surface area (Å²) in [5, 5.41) is 8.98. The Labute approximate surface area is 156 Å². The van der Waals surface area contributed by atoms with Gasteiger partial charge in [0.15, 0.2) is 0 Å². The normalized spacial score (nSPS) is 14.1. The van der Waals surface area contributed by atoms with Gasteiger partial charge in [0, 0.05) is 6.54 Å². The molecule has 1 heterocycles. The molecular formula is C16H14ClN3O4S2. The van der Waals surface area contributed by atoms with Crippen LogP contribution in [0.4, 0.5) is 5.69 Å². The Morgan fingerprint density at radius 1 is 1.12 bits per heavy atom. The standard InChI is InChI=1S/C16H14ClN3O4S2/c1-19-25(21,22)13-4-5-16-11(8-13)6-7-20(16)26(23,24)14-3-2-12(10-18)15(17)9-14/h2-5,8-9,19H,6-7H2,1H3. The summed E-state index contributed by atoms with van der Waals surface area (Å²) >= 11 is 5.95. The van der Waals surface area contributed by atoms with Crippen LogP contribution in [-0.4, -0.2) is 30.4 Å². The molecule has 0 saturated heterocycles. The van der Waals surface area contributed by atoms with Gasteiger partial charge in [0.2, 0.25) is 10.0 Å². The lowest BCUT2D eigenvalue weighted by Gasteiger charge is -2.20. The van der Waals surface area contributed by atoms with E-state index in [9.17, 15) is 16.8 Å². The number of benzene rings is 2. The summed E-state index contributed by atoms with van der Waals surface area (Å²) in [5.41, 5.74) is 1.25. The quantitative estimate of drug-likeness (QED) is 0.826. The first-order valence-electron chi connectivity index (χ1n) is 7.49. The first-order chi connectivity index (χ1) is 12.2.